The van der Waals surface area contributed by atoms with Gasteiger partial charge in [0.1, 0.15) is 6.54 Å². The van der Waals surface area contributed by atoms with E-state index in [0.717, 1.165) is 28.6 Å². The number of unbranched alkanes of at least 4 members (excludes halogenated alkanes) is 1. The number of thiazole rings is 1. The number of carbonyl (C=O) groups excluding carboxylic acids is 2. The molecule has 0 N–H and O–H groups in total. The van der Waals surface area contributed by atoms with E-state index in [1.54, 1.807) is 4.57 Å². The number of para-hydroxylation sites is 1. The van der Waals surface area contributed by atoms with Gasteiger partial charge in [0, 0.05) is 6.42 Å². The van der Waals surface area contributed by atoms with Gasteiger partial charge in [-0.3, -0.25) is 9.59 Å². The van der Waals surface area contributed by atoms with Gasteiger partial charge in [0.25, 0.3) is 0 Å². The van der Waals surface area contributed by atoms with Crippen molar-refractivity contribution in [1.82, 2.24) is 4.57 Å². The van der Waals surface area contributed by atoms with E-state index in [-0.39, 0.29) is 18.4 Å². The van der Waals surface area contributed by atoms with Gasteiger partial charge in [-0.2, -0.15) is 4.99 Å². The molecule has 1 aromatic heterocycles. The summed E-state index contributed by atoms with van der Waals surface area (Å²) in [6.07, 6.45) is 2.21. The third kappa shape index (κ3) is 3.62. The van der Waals surface area contributed by atoms with Crippen LogP contribution in [-0.4, -0.2) is 23.6 Å². The average molecular weight is 320 g/mol. The highest BCUT2D eigenvalue weighted by molar-refractivity contribution is 7.16. The Balaban J connectivity index is 2.55. The Morgan fingerprint density at radius 3 is 2.82 bits per heavy atom. The van der Waals surface area contributed by atoms with Gasteiger partial charge < -0.3 is 9.30 Å². The van der Waals surface area contributed by atoms with Gasteiger partial charge in [-0.25, -0.2) is 0 Å². The van der Waals surface area contributed by atoms with E-state index in [1.807, 2.05) is 32.0 Å². The molecule has 5 nitrogen and oxygen atoms in total. The van der Waals surface area contributed by atoms with Crippen molar-refractivity contribution in [3.63, 3.8) is 0 Å². The summed E-state index contributed by atoms with van der Waals surface area (Å²) in [6, 6.07) is 5.90. The third-order valence-corrected chi connectivity index (χ3v) is 4.43. The maximum atomic E-state index is 12.0. The van der Waals surface area contributed by atoms with Crippen LogP contribution in [0.4, 0.5) is 0 Å². The Hall–Kier alpha value is -1.95. The highest BCUT2D eigenvalue weighted by Crippen LogP contribution is 2.21. The predicted octanol–water partition coefficient (Wildman–Crippen LogP) is 2.80. The van der Waals surface area contributed by atoms with Crippen LogP contribution in [0.15, 0.2) is 23.2 Å². The third-order valence-electron chi connectivity index (χ3n) is 3.38. The minimum atomic E-state index is -0.356. The summed E-state index contributed by atoms with van der Waals surface area (Å²) < 4.78 is 7.53. The van der Waals surface area contributed by atoms with Crippen LogP contribution >= 0.6 is 11.3 Å². The first-order valence-corrected chi connectivity index (χ1v) is 8.11. The number of hydrogen-bond acceptors (Lipinski definition) is 4. The molecule has 1 heterocycles. The van der Waals surface area contributed by atoms with E-state index in [1.165, 1.54) is 18.4 Å². The number of aryl methyl sites for hydroxylation is 1. The second-order valence-corrected chi connectivity index (χ2v) is 6.09. The van der Waals surface area contributed by atoms with Gasteiger partial charge >= 0.3 is 5.97 Å². The van der Waals surface area contributed by atoms with E-state index >= 15 is 0 Å². The average Bonchev–Trinajstić information content (AvgIpc) is 2.83. The zero-order valence-electron chi connectivity index (χ0n) is 13.1. The van der Waals surface area contributed by atoms with Gasteiger partial charge in [0.2, 0.25) is 5.91 Å². The van der Waals surface area contributed by atoms with E-state index in [9.17, 15) is 9.59 Å². The normalized spacial score (nSPS) is 11.9. The van der Waals surface area contributed by atoms with Gasteiger partial charge in [-0.1, -0.05) is 36.8 Å². The van der Waals surface area contributed by atoms with Crippen molar-refractivity contribution in [2.24, 2.45) is 4.99 Å². The summed E-state index contributed by atoms with van der Waals surface area (Å²) in [5, 5.41) is 0. The van der Waals surface area contributed by atoms with Crippen molar-refractivity contribution in [2.75, 3.05) is 7.11 Å². The highest BCUT2D eigenvalue weighted by Gasteiger charge is 2.13. The number of methoxy groups -OCH3 is 1. The number of benzene rings is 1. The molecule has 6 heteroatoms. The van der Waals surface area contributed by atoms with E-state index in [0.29, 0.717) is 11.2 Å². The number of hydrogen-bond donors (Lipinski definition) is 0. The quantitative estimate of drug-likeness (QED) is 0.796. The zero-order chi connectivity index (χ0) is 16.1. The van der Waals surface area contributed by atoms with Crippen molar-refractivity contribution < 1.29 is 14.3 Å². The second-order valence-electron chi connectivity index (χ2n) is 5.08. The van der Waals surface area contributed by atoms with Crippen LogP contribution in [0.25, 0.3) is 10.2 Å². The molecule has 0 saturated heterocycles. The van der Waals surface area contributed by atoms with Gasteiger partial charge in [-0.15, -0.1) is 0 Å². The molecule has 0 unspecified atom stereocenters. The molecule has 1 aromatic carbocycles. The number of fused-ring (bicyclic) bond motifs is 1. The molecule has 2 aromatic rings. The van der Waals surface area contributed by atoms with Gasteiger partial charge in [0.15, 0.2) is 4.80 Å². The van der Waals surface area contributed by atoms with Crippen molar-refractivity contribution in [3.05, 3.63) is 28.6 Å². The van der Waals surface area contributed by atoms with Crippen molar-refractivity contribution in [3.8, 4) is 0 Å². The minimum absolute atomic E-state index is 0.0568. The number of carbonyl (C=O) groups is 2. The van der Waals surface area contributed by atoms with Crippen LogP contribution < -0.4 is 4.80 Å². The molecular formula is C16H20N2O3S. The molecule has 0 radical (unpaired) electrons. The van der Waals surface area contributed by atoms with Gasteiger partial charge in [0.05, 0.1) is 17.3 Å². The number of ether oxygens (including phenoxy) is 1. The molecule has 0 spiro atoms. The number of amides is 1. The standard InChI is InChI=1S/C16H20N2O3S/c1-4-5-9-13(19)17-16-18(10-14(20)21-3)15-11(2)7-6-8-12(15)22-16/h6-8H,4-5,9-10H2,1-3H3. The Labute approximate surface area is 133 Å². The second kappa shape index (κ2) is 7.35. The SMILES string of the molecule is CCCCC(=O)N=c1sc2cccc(C)c2n1CC(=O)OC. The molecule has 0 aliphatic heterocycles. The van der Waals surface area contributed by atoms with Gasteiger partial charge in [-0.05, 0) is 25.0 Å². The van der Waals surface area contributed by atoms with E-state index in [2.05, 4.69) is 4.99 Å². The fourth-order valence-corrected chi connectivity index (χ4v) is 3.35. The molecule has 0 aliphatic carbocycles. The summed E-state index contributed by atoms with van der Waals surface area (Å²) in [4.78, 5) is 28.4. The molecule has 0 bridgehead atoms. The Morgan fingerprint density at radius 2 is 2.14 bits per heavy atom. The topological polar surface area (TPSA) is 60.7 Å². The van der Waals surface area contributed by atoms with Crippen LogP contribution in [0.3, 0.4) is 0 Å². The predicted molar refractivity (Wildman–Crippen MR) is 86.7 cm³/mol. The summed E-state index contributed by atoms with van der Waals surface area (Å²) >= 11 is 1.42. The first-order valence-electron chi connectivity index (χ1n) is 7.30. The van der Waals surface area contributed by atoms with Crippen molar-refractivity contribution in [2.45, 2.75) is 39.7 Å². The van der Waals surface area contributed by atoms with Crippen molar-refractivity contribution in [1.29, 1.82) is 0 Å². The first kappa shape index (κ1) is 16.4. The fraction of sp³-hybridized carbons (Fsp3) is 0.438. The summed E-state index contributed by atoms with van der Waals surface area (Å²) in [5.41, 5.74) is 1.97. The molecular weight excluding hydrogens is 300 g/mol. The lowest BCUT2D eigenvalue weighted by atomic mass is 10.2. The number of aromatic nitrogens is 1. The van der Waals surface area contributed by atoms with Crippen LogP contribution in [-0.2, 0) is 20.9 Å². The number of esters is 1. The largest absolute Gasteiger partial charge is 0.468 e. The lowest BCUT2D eigenvalue weighted by Gasteiger charge is -2.05. The Morgan fingerprint density at radius 1 is 1.36 bits per heavy atom. The zero-order valence-corrected chi connectivity index (χ0v) is 13.9. The summed E-state index contributed by atoms with van der Waals surface area (Å²) in [6.45, 7) is 4.07. The number of nitrogens with zero attached hydrogens (tertiary/aromatic N) is 2. The first-order chi connectivity index (χ1) is 10.6. The summed E-state index contributed by atoms with van der Waals surface area (Å²) in [7, 11) is 1.35. The molecule has 0 atom stereocenters. The van der Waals surface area contributed by atoms with Crippen molar-refractivity contribution >= 4 is 33.4 Å². The molecule has 0 fully saturated rings. The Kier molecular flexibility index (Phi) is 5.49. The maximum absolute atomic E-state index is 12.0. The van der Waals surface area contributed by atoms with E-state index in [4.69, 9.17) is 4.74 Å². The molecule has 0 saturated carbocycles. The van der Waals surface area contributed by atoms with E-state index < -0.39 is 0 Å². The molecule has 0 aliphatic rings. The molecule has 118 valence electrons. The lowest BCUT2D eigenvalue weighted by molar-refractivity contribution is -0.141. The Bertz CT molecular complexity index is 758. The van der Waals surface area contributed by atoms with Crippen LogP contribution in [0.5, 0.6) is 0 Å². The molecule has 2 rings (SSSR count). The maximum Gasteiger partial charge on any atom is 0.325 e. The highest BCUT2D eigenvalue weighted by atomic mass is 32.1. The lowest BCUT2D eigenvalue weighted by Crippen LogP contribution is -2.22. The number of rotatable bonds is 5. The van der Waals surface area contributed by atoms with Crippen LogP contribution in [0, 0.1) is 6.92 Å². The fourth-order valence-electron chi connectivity index (χ4n) is 2.22. The molecule has 22 heavy (non-hydrogen) atoms. The minimum Gasteiger partial charge on any atom is -0.468 e. The monoisotopic (exact) mass is 320 g/mol. The van der Waals surface area contributed by atoms with Crippen LogP contribution in [0.2, 0.25) is 0 Å². The summed E-state index contributed by atoms with van der Waals surface area (Å²) in [5.74, 6) is -0.505. The smallest absolute Gasteiger partial charge is 0.325 e. The molecule has 1 amide bonds. The van der Waals surface area contributed by atoms with Crippen LogP contribution in [0.1, 0.15) is 31.7 Å².